The van der Waals surface area contributed by atoms with Gasteiger partial charge in [0.25, 0.3) is 0 Å². The summed E-state index contributed by atoms with van der Waals surface area (Å²) in [5.74, 6) is 0.712. The number of amides is 1. The zero-order chi connectivity index (χ0) is 14.3. The van der Waals surface area contributed by atoms with Crippen LogP contribution in [-0.2, 0) is 4.79 Å². The molecule has 0 spiro atoms. The zero-order valence-corrected chi connectivity index (χ0v) is 12.8. The predicted octanol–water partition coefficient (Wildman–Crippen LogP) is 1.74. The van der Waals surface area contributed by atoms with Gasteiger partial charge in [0.05, 0.1) is 6.54 Å². The lowest BCUT2D eigenvalue weighted by Gasteiger charge is -2.19. The summed E-state index contributed by atoms with van der Waals surface area (Å²) in [5.41, 5.74) is 5.91. The second-order valence-corrected chi connectivity index (χ2v) is 6.11. The molecule has 3 atom stereocenters. The van der Waals surface area contributed by atoms with Crippen LogP contribution in [0.1, 0.15) is 52.9 Å². The second kappa shape index (κ2) is 8.54. The normalized spacial score (nSPS) is 23.3. The van der Waals surface area contributed by atoms with Crippen LogP contribution in [0.15, 0.2) is 0 Å². The van der Waals surface area contributed by atoms with E-state index in [4.69, 9.17) is 5.73 Å². The topological polar surface area (TPSA) is 58.4 Å². The number of rotatable bonds is 8. The number of unbranched alkanes of at least 4 members (excludes halogenated alkanes) is 2. The summed E-state index contributed by atoms with van der Waals surface area (Å²) >= 11 is 0. The lowest BCUT2D eigenvalue weighted by atomic mass is 10.0. The molecule has 4 nitrogen and oxygen atoms in total. The van der Waals surface area contributed by atoms with Crippen LogP contribution in [0.4, 0.5) is 0 Å². The van der Waals surface area contributed by atoms with E-state index in [0.29, 0.717) is 18.5 Å². The predicted molar refractivity (Wildman–Crippen MR) is 79.9 cm³/mol. The van der Waals surface area contributed by atoms with Crippen molar-refractivity contribution in [2.75, 3.05) is 19.6 Å². The van der Waals surface area contributed by atoms with E-state index in [0.717, 1.165) is 25.9 Å². The first-order valence-corrected chi connectivity index (χ1v) is 7.80. The van der Waals surface area contributed by atoms with Crippen molar-refractivity contribution in [2.24, 2.45) is 11.7 Å². The molecule has 19 heavy (non-hydrogen) atoms. The van der Waals surface area contributed by atoms with E-state index in [1.54, 1.807) is 0 Å². The highest BCUT2D eigenvalue weighted by Gasteiger charge is 2.26. The Morgan fingerprint density at radius 2 is 2.16 bits per heavy atom. The van der Waals surface area contributed by atoms with E-state index in [2.05, 4.69) is 31.0 Å². The van der Waals surface area contributed by atoms with Gasteiger partial charge in [-0.3, -0.25) is 9.69 Å². The molecule has 1 aliphatic rings. The van der Waals surface area contributed by atoms with Gasteiger partial charge in [-0.05, 0) is 39.2 Å². The molecule has 3 N–H and O–H groups in total. The van der Waals surface area contributed by atoms with E-state index >= 15 is 0 Å². The first-order valence-electron chi connectivity index (χ1n) is 7.80. The average Bonchev–Trinajstić information content (AvgIpc) is 2.77. The smallest absolute Gasteiger partial charge is 0.234 e. The standard InChI is InChI=1S/C15H31N3O/c1-4-5-6-7-12(2)17-15(19)11-18-9-8-14(10-18)13(3)16/h12-14H,4-11,16H2,1-3H3,(H,17,19). The fourth-order valence-electron chi connectivity index (χ4n) is 2.73. The van der Waals surface area contributed by atoms with Crippen molar-refractivity contribution in [3.05, 3.63) is 0 Å². The number of hydrogen-bond donors (Lipinski definition) is 2. The van der Waals surface area contributed by atoms with Crippen LogP contribution >= 0.6 is 0 Å². The summed E-state index contributed by atoms with van der Waals surface area (Å²) in [6, 6.07) is 0.534. The van der Waals surface area contributed by atoms with Crippen LogP contribution in [0.3, 0.4) is 0 Å². The SMILES string of the molecule is CCCCCC(C)NC(=O)CN1CCC(C(C)N)C1. The number of nitrogens with zero attached hydrogens (tertiary/aromatic N) is 1. The van der Waals surface area contributed by atoms with Crippen molar-refractivity contribution < 1.29 is 4.79 Å². The van der Waals surface area contributed by atoms with E-state index in [9.17, 15) is 4.79 Å². The first-order chi connectivity index (χ1) is 9.02. The van der Waals surface area contributed by atoms with E-state index in [-0.39, 0.29) is 11.9 Å². The van der Waals surface area contributed by atoms with Gasteiger partial charge in [-0.1, -0.05) is 26.2 Å². The minimum atomic E-state index is 0.161. The Morgan fingerprint density at radius 1 is 1.42 bits per heavy atom. The first kappa shape index (κ1) is 16.4. The molecular weight excluding hydrogens is 238 g/mol. The number of likely N-dealkylation sites (tertiary alicyclic amines) is 1. The molecule has 0 aliphatic carbocycles. The highest BCUT2D eigenvalue weighted by molar-refractivity contribution is 5.78. The molecule has 1 fully saturated rings. The fraction of sp³-hybridized carbons (Fsp3) is 0.933. The minimum Gasteiger partial charge on any atom is -0.353 e. The Hall–Kier alpha value is -0.610. The van der Waals surface area contributed by atoms with Crippen LogP contribution in [0.25, 0.3) is 0 Å². The van der Waals surface area contributed by atoms with Crippen LogP contribution < -0.4 is 11.1 Å². The molecule has 1 amide bonds. The van der Waals surface area contributed by atoms with E-state index in [1.165, 1.54) is 19.3 Å². The summed E-state index contributed by atoms with van der Waals surface area (Å²) < 4.78 is 0. The third kappa shape index (κ3) is 6.39. The van der Waals surface area contributed by atoms with Gasteiger partial charge >= 0.3 is 0 Å². The molecule has 0 bridgehead atoms. The van der Waals surface area contributed by atoms with Crippen LogP contribution in [0.5, 0.6) is 0 Å². The van der Waals surface area contributed by atoms with Crippen molar-refractivity contribution in [1.82, 2.24) is 10.2 Å². The quantitative estimate of drug-likeness (QED) is 0.660. The third-order valence-corrected chi connectivity index (χ3v) is 4.07. The molecule has 0 aromatic rings. The van der Waals surface area contributed by atoms with Gasteiger partial charge in [0.2, 0.25) is 5.91 Å². The lowest BCUT2D eigenvalue weighted by molar-refractivity contribution is -0.122. The summed E-state index contributed by atoms with van der Waals surface area (Å²) in [4.78, 5) is 14.2. The number of carbonyl (C=O) groups excluding carboxylic acids is 1. The second-order valence-electron chi connectivity index (χ2n) is 6.11. The Labute approximate surface area is 118 Å². The largest absolute Gasteiger partial charge is 0.353 e. The number of carbonyl (C=O) groups is 1. The molecular formula is C15H31N3O. The summed E-state index contributed by atoms with van der Waals surface area (Å²) in [5, 5.41) is 3.10. The van der Waals surface area contributed by atoms with Crippen molar-refractivity contribution in [2.45, 2.75) is 65.0 Å². The molecule has 0 aromatic heterocycles. The molecule has 112 valence electrons. The Kier molecular flexibility index (Phi) is 7.39. The number of nitrogens with one attached hydrogen (secondary N) is 1. The molecule has 0 aromatic carbocycles. The maximum absolute atomic E-state index is 11.9. The third-order valence-electron chi connectivity index (χ3n) is 4.07. The molecule has 1 heterocycles. The maximum atomic E-state index is 11.9. The van der Waals surface area contributed by atoms with Crippen molar-refractivity contribution >= 4 is 5.91 Å². The van der Waals surface area contributed by atoms with Gasteiger partial charge in [-0.2, -0.15) is 0 Å². The van der Waals surface area contributed by atoms with Crippen molar-refractivity contribution in [1.29, 1.82) is 0 Å². The Bertz CT molecular complexity index is 268. The molecule has 0 radical (unpaired) electrons. The molecule has 1 aliphatic heterocycles. The minimum absolute atomic E-state index is 0.161. The van der Waals surface area contributed by atoms with Crippen LogP contribution in [0, 0.1) is 5.92 Å². The molecule has 3 unspecified atom stereocenters. The average molecular weight is 269 g/mol. The zero-order valence-electron chi connectivity index (χ0n) is 12.8. The van der Waals surface area contributed by atoms with Gasteiger partial charge in [0.15, 0.2) is 0 Å². The monoisotopic (exact) mass is 269 g/mol. The Morgan fingerprint density at radius 3 is 2.74 bits per heavy atom. The summed E-state index contributed by atoms with van der Waals surface area (Å²) in [6.07, 6.45) is 5.89. The highest BCUT2D eigenvalue weighted by atomic mass is 16.2. The highest BCUT2D eigenvalue weighted by Crippen LogP contribution is 2.17. The van der Waals surface area contributed by atoms with Crippen molar-refractivity contribution in [3.8, 4) is 0 Å². The van der Waals surface area contributed by atoms with Crippen LogP contribution in [0.2, 0.25) is 0 Å². The number of hydrogen-bond acceptors (Lipinski definition) is 3. The molecule has 1 saturated heterocycles. The van der Waals surface area contributed by atoms with E-state index < -0.39 is 0 Å². The molecule has 4 heteroatoms. The summed E-state index contributed by atoms with van der Waals surface area (Å²) in [6.45, 7) is 8.86. The van der Waals surface area contributed by atoms with Crippen molar-refractivity contribution in [3.63, 3.8) is 0 Å². The van der Waals surface area contributed by atoms with Gasteiger partial charge in [0.1, 0.15) is 0 Å². The molecule has 0 saturated carbocycles. The van der Waals surface area contributed by atoms with Gasteiger partial charge < -0.3 is 11.1 Å². The summed E-state index contributed by atoms with van der Waals surface area (Å²) in [7, 11) is 0. The Balaban J connectivity index is 2.17. The number of nitrogens with two attached hydrogens (primary N) is 1. The van der Waals surface area contributed by atoms with Gasteiger partial charge in [-0.15, -0.1) is 0 Å². The lowest BCUT2D eigenvalue weighted by Crippen LogP contribution is -2.41. The van der Waals surface area contributed by atoms with Gasteiger partial charge in [-0.25, -0.2) is 0 Å². The maximum Gasteiger partial charge on any atom is 0.234 e. The molecule has 1 rings (SSSR count). The van der Waals surface area contributed by atoms with Gasteiger partial charge in [0, 0.05) is 18.6 Å². The van der Waals surface area contributed by atoms with E-state index in [1.807, 2.05) is 0 Å². The fourth-order valence-corrected chi connectivity index (χ4v) is 2.73. The van der Waals surface area contributed by atoms with Crippen LogP contribution in [-0.4, -0.2) is 42.5 Å².